The minimum Gasteiger partial charge on any atom is -0.490 e. The molecule has 0 bridgehead atoms. The first-order valence-corrected chi connectivity index (χ1v) is 17.6. The Morgan fingerprint density at radius 3 is 2.12 bits per heavy atom. The van der Waals surface area contributed by atoms with E-state index in [1.54, 1.807) is 18.2 Å². The van der Waals surface area contributed by atoms with Crippen LogP contribution in [0.15, 0.2) is 79.1 Å². The zero-order valence-electron chi connectivity index (χ0n) is 29.2. The van der Waals surface area contributed by atoms with Crippen molar-refractivity contribution in [2.75, 3.05) is 5.32 Å². The maximum absolute atomic E-state index is 13.2. The summed E-state index contributed by atoms with van der Waals surface area (Å²) in [6.45, 7) is 5.82. The van der Waals surface area contributed by atoms with E-state index in [2.05, 4.69) is 58.7 Å². The highest BCUT2D eigenvalue weighted by atomic mass is 16.5. The van der Waals surface area contributed by atoms with Gasteiger partial charge in [-0.3, -0.25) is 34.2 Å². The van der Waals surface area contributed by atoms with Gasteiger partial charge in [-0.2, -0.15) is 0 Å². The van der Waals surface area contributed by atoms with Gasteiger partial charge in [0.2, 0.25) is 17.7 Å². The Hall–Kier alpha value is -5.91. The molecule has 2 aliphatic heterocycles. The van der Waals surface area contributed by atoms with Crippen molar-refractivity contribution in [3.63, 3.8) is 0 Å². The second-order valence-corrected chi connectivity index (χ2v) is 13.5. The van der Waals surface area contributed by atoms with Crippen molar-refractivity contribution >= 4 is 35.1 Å². The maximum atomic E-state index is 13.2. The first-order chi connectivity index (χ1) is 25.1. The molecule has 0 spiro atoms. The first kappa shape index (κ1) is 34.5. The number of imide groups is 2. The van der Waals surface area contributed by atoms with Crippen LogP contribution >= 0.6 is 0 Å². The van der Waals surface area contributed by atoms with Gasteiger partial charge in [-0.25, -0.2) is 9.97 Å². The van der Waals surface area contributed by atoms with Crippen molar-refractivity contribution in [3.8, 4) is 17.4 Å². The fraction of sp³-hybridized carbons (Fsp3) is 0.325. The van der Waals surface area contributed by atoms with Gasteiger partial charge >= 0.3 is 0 Å². The molecule has 3 aliphatic rings. The number of hydrogen-bond donors (Lipinski definition) is 2. The van der Waals surface area contributed by atoms with Gasteiger partial charge in [-0.1, -0.05) is 38.1 Å². The summed E-state index contributed by atoms with van der Waals surface area (Å²) < 4.78 is 12.2. The van der Waals surface area contributed by atoms with Crippen LogP contribution in [0, 0.1) is 0 Å². The quantitative estimate of drug-likeness (QED) is 0.133. The largest absolute Gasteiger partial charge is 0.490 e. The van der Waals surface area contributed by atoms with Gasteiger partial charge in [0.25, 0.3) is 11.8 Å². The molecule has 1 aliphatic carbocycles. The van der Waals surface area contributed by atoms with E-state index < -0.39 is 29.7 Å². The lowest BCUT2D eigenvalue weighted by Gasteiger charge is -2.37. The van der Waals surface area contributed by atoms with Crippen LogP contribution in [-0.4, -0.2) is 62.5 Å². The molecule has 266 valence electrons. The van der Waals surface area contributed by atoms with Crippen LogP contribution < -0.4 is 20.1 Å². The summed E-state index contributed by atoms with van der Waals surface area (Å²) in [5.74, 6) is -0.491. The van der Waals surface area contributed by atoms with Gasteiger partial charge in [-0.15, -0.1) is 0 Å². The number of nitrogens with one attached hydrogen (secondary N) is 2. The summed E-state index contributed by atoms with van der Waals surface area (Å²) in [6, 6.07) is 20.5. The zero-order chi connectivity index (χ0) is 36.6. The average molecular weight is 702 g/mol. The van der Waals surface area contributed by atoms with Crippen molar-refractivity contribution in [1.82, 2.24) is 20.2 Å². The van der Waals surface area contributed by atoms with Crippen LogP contribution in [0.5, 0.6) is 17.4 Å². The standard InChI is InChI=1S/C40H39N5O7/c1-4-40(5-2,25-8-13-29(14-9-25)52-36-22-41-33(21-42-36)23(3)46)24-6-11-28(12-7-24)51-30-18-27(19-30)43-26-10-15-31-32(20-26)39(50)45(38(31)49)34-16-17-35(47)44-37(34)48/h6-15,20-22,27,30,34,43H,4-5,16-19H2,1-3H3,(H,44,47,48). The summed E-state index contributed by atoms with van der Waals surface area (Å²) in [6.07, 6.45) is 6.41. The number of carbonyl (C=O) groups is 5. The topological polar surface area (TPSA) is 157 Å². The third-order valence-corrected chi connectivity index (χ3v) is 10.4. The molecular formula is C40H39N5O7. The number of fused-ring (bicyclic) bond motifs is 1. The third kappa shape index (κ3) is 6.52. The van der Waals surface area contributed by atoms with E-state index in [0.29, 0.717) is 23.0 Å². The molecule has 1 aromatic heterocycles. The molecule has 1 saturated heterocycles. The second kappa shape index (κ2) is 14.0. The van der Waals surface area contributed by atoms with Crippen molar-refractivity contribution in [3.05, 3.63) is 107 Å². The Kier molecular flexibility index (Phi) is 9.31. The van der Waals surface area contributed by atoms with Crippen molar-refractivity contribution in [2.45, 2.75) is 82.9 Å². The number of benzene rings is 3. The van der Waals surface area contributed by atoms with E-state index in [9.17, 15) is 24.0 Å². The summed E-state index contributed by atoms with van der Waals surface area (Å²) in [5, 5.41) is 5.66. The summed E-state index contributed by atoms with van der Waals surface area (Å²) in [7, 11) is 0. The number of amides is 4. The predicted octanol–water partition coefficient (Wildman–Crippen LogP) is 6.00. The normalized spacial score (nSPS) is 19.8. The predicted molar refractivity (Wildman–Crippen MR) is 191 cm³/mol. The molecule has 0 radical (unpaired) electrons. The van der Waals surface area contributed by atoms with Crippen LogP contribution in [-0.2, 0) is 15.0 Å². The summed E-state index contributed by atoms with van der Waals surface area (Å²) in [5.41, 5.74) is 3.67. The second-order valence-electron chi connectivity index (χ2n) is 13.5. The fourth-order valence-corrected chi connectivity index (χ4v) is 7.37. The van der Waals surface area contributed by atoms with Gasteiger partial charge in [0.1, 0.15) is 29.3 Å². The lowest BCUT2D eigenvalue weighted by atomic mass is 9.70. The van der Waals surface area contributed by atoms with E-state index in [0.717, 1.165) is 36.3 Å². The van der Waals surface area contributed by atoms with Gasteiger partial charge in [-0.05, 0) is 72.9 Å². The van der Waals surface area contributed by atoms with Crippen LogP contribution in [0.25, 0.3) is 0 Å². The number of nitrogens with zero attached hydrogens (tertiary/aromatic N) is 3. The van der Waals surface area contributed by atoms with E-state index >= 15 is 0 Å². The molecule has 3 heterocycles. The zero-order valence-corrected chi connectivity index (χ0v) is 29.2. The Bertz CT molecular complexity index is 2040. The monoisotopic (exact) mass is 701 g/mol. The Labute approximate surface area is 300 Å². The lowest BCUT2D eigenvalue weighted by molar-refractivity contribution is -0.136. The smallest absolute Gasteiger partial charge is 0.262 e. The number of anilines is 1. The highest BCUT2D eigenvalue weighted by molar-refractivity contribution is 6.23. The molecule has 4 aromatic rings. The van der Waals surface area contributed by atoms with Crippen molar-refractivity contribution in [2.24, 2.45) is 0 Å². The number of Topliss-reactive ketones (excluding diaryl/α,β-unsaturated/α-hetero) is 1. The van der Waals surface area contributed by atoms with E-state index in [1.165, 1.54) is 30.4 Å². The summed E-state index contributed by atoms with van der Waals surface area (Å²) in [4.78, 5) is 70.9. The highest BCUT2D eigenvalue weighted by Gasteiger charge is 2.45. The fourth-order valence-electron chi connectivity index (χ4n) is 7.37. The molecule has 12 heteroatoms. The van der Waals surface area contributed by atoms with Crippen LogP contribution in [0.4, 0.5) is 5.69 Å². The van der Waals surface area contributed by atoms with Gasteiger partial charge in [0, 0.05) is 43.3 Å². The molecule has 3 aromatic carbocycles. The Morgan fingerprint density at radius 2 is 1.52 bits per heavy atom. The maximum Gasteiger partial charge on any atom is 0.262 e. The number of aromatic nitrogens is 2. The first-order valence-electron chi connectivity index (χ1n) is 17.6. The molecule has 1 unspecified atom stereocenters. The molecule has 4 amide bonds. The van der Waals surface area contributed by atoms with Crippen molar-refractivity contribution in [1.29, 1.82) is 0 Å². The highest BCUT2D eigenvalue weighted by Crippen LogP contribution is 2.41. The number of rotatable bonds is 12. The summed E-state index contributed by atoms with van der Waals surface area (Å²) >= 11 is 0. The van der Waals surface area contributed by atoms with Gasteiger partial charge in [0.15, 0.2) is 5.78 Å². The molecule has 2 N–H and O–H groups in total. The van der Waals surface area contributed by atoms with Gasteiger partial charge < -0.3 is 14.8 Å². The number of hydrogen-bond acceptors (Lipinski definition) is 10. The third-order valence-electron chi connectivity index (χ3n) is 10.4. The van der Waals surface area contributed by atoms with Crippen LogP contribution in [0.3, 0.4) is 0 Å². The Balaban J connectivity index is 0.941. The molecule has 7 rings (SSSR count). The number of ether oxygens (including phenoxy) is 2. The van der Waals surface area contributed by atoms with Crippen molar-refractivity contribution < 1.29 is 33.4 Å². The molecular weight excluding hydrogens is 662 g/mol. The van der Waals surface area contributed by atoms with Gasteiger partial charge in [0.05, 0.1) is 23.5 Å². The van der Waals surface area contributed by atoms with Crippen LogP contribution in [0.2, 0.25) is 0 Å². The average Bonchev–Trinajstić information content (AvgIpc) is 3.37. The number of piperidine rings is 1. The van der Waals surface area contributed by atoms with Crippen LogP contribution in [0.1, 0.15) is 102 Å². The lowest BCUT2D eigenvalue weighted by Crippen LogP contribution is -2.54. The number of ketones is 1. The van der Waals surface area contributed by atoms with E-state index in [1.807, 2.05) is 24.3 Å². The van der Waals surface area contributed by atoms with E-state index in [4.69, 9.17) is 9.47 Å². The minimum atomic E-state index is -0.992. The molecule has 1 saturated carbocycles. The minimum absolute atomic E-state index is 0.0296. The Morgan fingerprint density at radius 1 is 0.865 bits per heavy atom. The molecule has 12 nitrogen and oxygen atoms in total. The molecule has 2 fully saturated rings. The molecule has 52 heavy (non-hydrogen) atoms. The number of carbonyl (C=O) groups excluding carboxylic acids is 5. The molecule has 1 atom stereocenters. The SMILES string of the molecule is CCC(CC)(c1ccc(Oc2cnc(C(C)=O)cn2)cc1)c1ccc(OC2CC(Nc3ccc4c(c3)C(=O)N(C3CCC(=O)NC3=O)C4=O)C2)cc1. The van der Waals surface area contributed by atoms with E-state index in [-0.39, 0.29) is 47.3 Å².